The highest BCUT2D eigenvalue weighted by Crippen LogP contribution is 2.27. The van der Waals surface area contributed by atoms with Gasteiger partial charge in [0.15, 0.2) is 11.6 Å². The van der Waals surface area contributed by atoms with Gasteiger partial charge in [-0.15, -0.1) is 0 Å². The Hall–Kier alpha value is -1.43. The standard InChI is InChI=1S/C16H16INO2/c1-9-15(11(3)19)16(12(4)20)10(2)18(9)14-7-5-13(17)6-8-14/h5-8H,1-4H3. The summed E-state index contributed by atoms with van der Waals surface area (Å²) in [5.74, 6) is -0.139. The van der Waals surface area contributed by atoms with Crippen molar-refractivity contribution >= 4 is 34.2 Å². The van der Waals surface area contributed by atoms with Crippen LogP contribution in [-0.2, 0) is 0 Å². The van der Waals surface area contributed by atoms with Crippen LogP contribution in [0.4, 0.5) is 0 Å². The summed E-state index contributed by atoms with van der Waals surface area (Å²) in [4.78, 5) is 23.8. The van der Waals surface area contributed by atoms with Crippen molar-refractivity contribution < 1.29 is 9.59 Å². The highest BCUT2D eigenvalue weighted by Gasteiger charge is 2.23. The molecular formula is C16H16INO2. The average Bonchev–Trinajstić information content (AvgIpc) is 2.62. The zero-order chi connectivity index (χ0) is 15.0. The van der Waals surface area contributed by atoms with Crippen LogP contribution >= 0.6 is 22.6 Å². The third-order valence-corrected chi connectivity index (χ3v) is 4.15. The van der Waals surface area contributed by atoms with Gasteiger partial charge in [-0.25, -0.2) is 0 Å². The first-order valence-electron chi connectivity index (χ1n) is 6.34. The van der Waals surface area contributed by atoms with Crippen LogP contribution in [-0.4, -0.2) is 16.1 Å². The molecule has 0 radical (unpaired) electrons. The fourth-order valence-corrected chi connectivity index (χ4v) is 3.04. The van der Waals surface area contributed by atoms with Crippen LogP contribution in [0.1, 0.15) is 46.0 Å². The van der Waals surface area contributed by atoms with Crippen molar-refractivity contribution in [2.24, 2.45) is 0 Å². The zero-order valence-corrected chi connectivity index (χ0v) is 14.1. The van der Waals surface area contributed by atoms with Crippen LogP contribution in [0.3, 0.4) is 0 Å². The Balaban J connectivity index is 2.78. The lowest BCUT2D eigenvalue weighted by Crippen LogP contribution is -2.02. The van der Waals surface area contributed by atoms with Crippen molar-refractivity contribution in [1.82, 2.24) is 4.57 Å². The van der Waals surface area contributed by atoms with E-state index in [0.717, 1.165) is 20.6 Å². The topological polar surface area (TPSA) is 39.1 Å². The Bertz CT molecular complexity index is 659. The second kappa shape index (κ2) is 5.52. The number of carbonyl (C=O) groups excluding carboxylic acids is 2. The largest absolute Gasteiger partial charge is 0.317 e. The molecule has 0 unspecified atom stereocenters. The van der Waals surface area contributed by atoms with Crippen molar-refractivity contribution in [3.63, 3.8) is 0 Å². The molecular weight excluding hydrogens is 365 g/mol. The first-order chi connectivity index (χ1) is 9.34. The van der Waals surface area contributed by atoms with Gasteiger partial charge in [-0.1, -0.05) is 0 Å². The number of aromatic nitrogens is 1. The number of halogens is 1. The molecule has 0 aliphatic carbocycles. The fourth-order valence-electron chi connectivity index (χ4n) is 2.68. The van der Waals surface area contributed by atoms with Gasteiger partial charge >= 0.3 is 0 Å². The maximum atomic E-state index is 11.9. The molecule has 1 aromatic carbocycles. The van der Waals surface area contributed by atoms with E-state index in [9.17, 15) is 9.59 Å². The van der Waals surface area contributed by atoms with Crippen LogP contribution in [0.2, 0.25) is 0 Å². The van der Waals surface area contributed by atoms with E-state index in [-0.39, 0.29) is 11.6 Å². The number of ketones is 2. The summed E-state index contributed by atoms with van der Waals surface area (Å²) in [6.07, 6.45) is 0. The SMILES string of the molecule is CC(=O)c1c(C(C)=O)c(C)n(-c2ccc(I)cc2)c1C. The van der Waals surface area contributed by atoms with Gasteiger partial charge < -0.3 is 4.57 Å². The minimum atomic E-state index is -0.0694. The summed E-state index contributed by atoms with van der Waals surface area (Å²) in [7, 11) is 0. The van der Waals surface area contributed by atoms with Crippen molar-refractivity contribution in [3.05, 3.63) is 50.4 Å². The molecule has 0 N–H and O–H groups in total. The minimum absolute atomic E-state index is 0.0694. The Labute approximate surface area is 132 Å². The summed E-state index contributed by atoms with van der Waals surface area (Å²) >= 11 is 2.25. The molecule has 104 valence electrons. The van der Waals surface area contributed by atoms with E-state index in [1.807, 2.05) is 42.7 Å². The van der Waals surface area contributed by atoms with E-state index in [1.54, 1.807) is 0 Å². The maximum absolute atomic E-state index is 11.9. The Morgan fingerprint density at radius 1 is 0.900 bits per heavy atom. The molecule has 0 bridgehead atoms. The van der Waals surface area contributed by atoms with Crippen molar-refractivity contribution in [3.8, 4) is 5.69 Å². The molecule has 0 aliphatic rings. The molecule has 0 saturated carbocycles. The molecule has 4 heteroatoms. The van der Waals surface area contributed by atoms with E-state index in [4.69, 9.17) is 0 Å². The molecule has 3 nitrogen and oxygen atoms in total. The number of hydrogen-bond acceptors (Lipinski definition) is 2. The van der Waals surface area contributed by atoms with Gasteiger partial charge in [-0.2, -0.15) is 0 Å². The number of hydrogen-bond donors (Lipinski definition) is 0. The molecule has 20 heavy (non-hydrogen) atoms. The summed E-state index contributed by atoms with van der Waals surface area (Å²) in [5.41, 5.74) is 3.68. The number of benzene rings is 1. The molecule has 2 aromatic rings. The van der Waals surface area contributed by atoms with Crippen LogP contribution in [0.25, 0.3) is 5.69 Å². The molecule has 0 aliphatic heterocycles. The Morgan fingerprint density at radius 2 is 1.30 bits per heavy atom. The van der Waals surface area contributed by atoms with Crippen LogP contribution in [0.5, 0.6) is 0 Å². The third kappa shape index (κ3) is 2.44. The Morgan fingerprint density at radius 3 is 1.65 bits per heavy atom. The fraction of sp³-hybridized carbons (Fsp3) is 0.250. The number of carbonyl (C=O) groups is 2. The molecule has 0 atom stereocenters. The van der Waals surface area contributed by atoms with Gasteiger partial charge in [0.05, 0.1) is 0 Å². The smallest absolute Gasteiger partial charge is 0.162 e. The normalized spacial score (nSPS) is 10.7. The average molecular weight is 381 g/mol. The lowest BCUT2D eigenvalue weighted by Gasteiger charge is -2.09. The van der Waals surface area contributed by atoms with E-state index in [1.165, 1.54) is 13.8 Å². The van der Waals surface area contributed by atoms with Crippen molar-refractivity contribution in [2.45, 2.75) is 27.7 Å². The van der Waals surface area contributed by atoms with E-state index in [0.29, 0.717) is 11.1 Å². The first-order valence-corrected chi connectivity index (χ1v) is 7.42. The summed E-state index contributed by atoms with van der Waals surface area (Å²) in [6, 6.07) is 8.01. The number of Topliss-reactive ketones (excluding diaryl/α,β-unsaturated/α-hetero) is 2. The maximum Gasteiger partial charge on any atom is 0.162 e. The van der Waals surface area contributed by atoms with Gasteiger partial charge in [-0.05, 0) is 74.6 Å². The Kier molecular flexibility index (Phi) is 4.13. The lowest BCUT2D eigenvalue weighted by molar-refractivity contribution is 0.0981. The van der Waals surface area contributed by atoms with Crippen LogP contribution in [0, 0.1) is 17.4 Å². The molecule has 0 fully saturated rings. The molecule has 0 amide bonds. The minimum Gasteiger partial charge on any atom is -0.317 e. The zero-order valence-electron chi connectivity index (χ0n) is 12.0. The molecule has 0 spiro atoms. The molecule has 0 saturated heterocycles. The third-order valence-electron chi connectivity index (χ3n) is 3.43. The molecule has 2 rings (SSSR count). The molecule has 1 aromatic heterocycles. The first kappa shape index (κ1) is 15.0. The van der Waals surface area contributed by atoms with E-state index < -0.39 is 0 Å². The summed E-state index contributed by atoms with van der Waals surface area (Å²) < 4.78 is 3.12. The monoisotopic (exact) mass is 381 g/mol. The number of rotatable bonds is 3. The summed E-state index contributed by atoms with van der Waals surface area (Å²) in [6.45, 7) is 6.78. The van der Waals surface area contributed by atoms with Crippen molar-refractivity contribution in [1.29, 1.82) is 0 Å². The van der Waals surface area contributed by atoms with E-state index in [2.05, 4.69) is 22.6 Å². The number of nitrogens with zero attached hydrogens (tertiary/aromatic N) is 1. The second-order valence-corrected chi connectivity index (χ2v) is 6.09. The van der Waals surface area contributed by atoms with Crippen LogP contribution in [0.15, 0.2) is 24.3 Å². The summed E-state index contributed by atoms with van der Waals surface area (Å²) in [5, 5.41) is 0. The van der Waals surface area contributed by atoms with E-state index >= 15 is 0 Å². The highest BCUT2D eigenvalue weighted by atomic mass is 127. The van der Waals surface area contributed by atoms with Gasteiger partial charge in [0.2, 0.25) is 0 Å². The van der Waals surface area contributed by atoms with Crippen LogP contribution < -0.4 is 0 Å². The van der Waals surface area contributed by atoms with Gasteiger partial charge in [0.1, 0.15) is 0 Å². The second-order valence-electron chi connectivity index (χ2n) is 4.85. The highest BCUT2D eigenvalue weighted by molar-refractivity contribution is 14.1. The van der Waals surface area contributed by atoms with Gasteiger partial charge in [0.25, 0.3) is 0 Å². The predicted octanol–water partition coefficient (Wildman–Crippen LogP) is 4.10. The molecule has 1 heterocycles. The predicted molar refractivity (Wildman–Crippen MR) is 88.0 cm³/mol. The van der Waals surface area contributed by atoms with Gasteiger partial charge in [0, 0.05) is 31.8 Å². The van der Waals surface area contributed by atoms with Crippen molar-refractivity contribution in [2.75, 3.05) is 0 Å². The van der Waals surface area contributed by atoms with Gasteiger partial charge in [-0.3, -0.25) is 9.59 Å². The lowest BCUT2D eigenvalue weighted by atomic mass is 10.0. The quantitative estimate of drug-likeness (QED) is 0.593.